The van der Waals surface area contributed by atoms with Crippen molar-refractivity contribution in [1.29, 1.82) is 5.26 Å². The number of amides is 1. The van der Waals surface area contributed by atoms with Crippen molar-refractivity contribution in [2.45, 2.75) is 20.0 Å². The number of rotatable bonds is 4. The van der Waals surface area contributed by atoms with Crippen LogP contribution in [-0.2, 0) is 0 Å². The van der Waals surface area contributed by atoms with Gasteiger partial charge in [-0.25, -0.2) is 0 Å². The first-order chi connectivity index (χ1) is 10.5. The number of nitrogens with zero attached hydrogens (tertiary/aromatic N) is 1. The molecule has 0 atom stereocenters. The maximum atomic E-state index is 12.5. The summed E-state index contributed by atoms with van der Waals surface area (Å²) >= 11 is 3.36. The van der Waals surface area contributed by atoms with Crippen LogP contribution in [0.5, 0.6) is 5.75 Å². The van der Waals surface area contributed by atoms with Crippen molar-refractivity contribution in [2.75, 3.05) is 5.32 Å². The van der Waals surface area contributed by atoms with Gasteiger partial charge in [0.25, 0.3) is 5.91 Å². The molecule has 0 heterocycles. The lowest BCUT2D eigenvalue weighted by atomic mass is 10.1. The zero-order valence-corrected chi connectivity index (χ0v) is 13.8. The van der Waals surface area contributed by atoms with Crippen molar-refractivity contribution in [1.82, 2.24) is 0 Å². The van der Waals surface area contributed by atoms with Crippen LogP contribution < -0.4 is 10.1 Å². The normalized spacial score (nSPS) is 10.1. The molecule has 0 bridgehead atoms. The van der Waals surface area contributed by atoms with Gasteiger partial charge in [-0.2, -0.15) is 5.26 Å². The summed E-state index contributed by atoms with van der Waals surface area (Å²) in [5, 5.41) is 11.7. The van der Waals surface area contributed by atoms with Crippen LogP contribution in [0.2, 0.25) is 0 Å². The zero-order chi connectivity index (χ0) is 16.1. The molecule has 2 rings (SSSR count). The van der Waals surface area contributed by atoms with Gasteiger partial charge in [0.15, 0.2) is 0 Å². The molecule has 0 fully saturated rings. The summed E-state index contributed by atoms with van der Waals surface area (Å²) in [6.45, 7) is 3.81. The average Bonchev–Trinajstić information content (AvgIpc) is 2.48. The monoisotopic (exact) mass is 358 g/mol. The molecule has 0 spiro atoms. The maximum absolute atomic E-state index is 12.5. The molecule has 2 aromatic carbocycles. The molecule has 0 saturated heterocycles. The van der Waals surface area contributed by atoms with Crippen LogP contribution in [0.25, 0.3) is 0 Å². The third-order valence-corrected chi connectivity index (χ3v) is 3.29. The van der Waals surface area contributed by atoms with Gasteiger partial charge in [0, 0.05) is 10.2 Å². The van der Waals surface area contributed by atoms with Crippen molar-refractivity contribution < 1.29 is 9.53 Å². The van der Waals surface area contributed by atoms with Crippen LogP contribution in [0, 0.1) is 11.3 Å². The highest BCUT2D eigenvalue weighted by Gasteiger charge is 2.14. The highest BCUT2D eigenvalue weighted by Crippen LogP contribution is 2.25. The van der Waals surface area contributed by atoms with E-state index in [0.29, 0.717) is 22.6 Å². The van der Waals surface area contributed by atoms with Gasteiger partial charge >= 0.3 is 0 Å². The summed E-state index contributed by atoms with van der Waals surface area (Å²) in [7, 11) is 0. The molecular formula is C17H15BrN2O2. The minimum Gasteiger partial charge on any atom is -0.490 e. The number of halogens is 1. The molecule has 1 amide bonds. The smallest absolute Gasteiger partial charge is 0.259 e. The van der Waals surface area contributed by atoms with Crippen molar-refractivity contribution in [3.8, 4) is 11.8 Å². The van der Waals surface area contributed by atoms with E-state index in [4.69, 9.17) is 10.00 Å². The first-order valence-electron chi connectivity index (χ1n) is 6.77. The third-order valence-electron chi connectivity index (χ3n) is 2.80. The van der Waals surface area contributed by atoms with E-state index in [9.17, 15) is 4.79 Å². The number of benzene rings is 2. The highest BCUT2D eigenvalue weighted by molar-refractivity contribution is 9.10. The molecule has 0 radical (unpaired) electrons. The van der Waals surface area contributed by atoms with Crippen LogP contribution in [0.3, 0.4) is 0 Å². The number of nitrogens with one attached hydrogen (secondary N) is 1. The number of hydrogen-bond donors (Lipinski definition) is 1. The van der Waals surface area contributed by atoms with E-state index in [1.807, 2.05) is 26.0 Å². The van der Waals surface area contributed by atoms with Gasteiger partial charge in [0.2, 0.25) is 0 Å². The SMILES string of the molecule is CC(C)Oc1ccc(Br)cc1C(=O)Nc1cccc(C#N)c1. The fraction of sp³-hybridized carbons (Fsp3) is 0.176. The van der Waals surface area contributed by atoms with Crippen molar-refractivity contribution in [2.24, 2.45) is 0 Å². The maximum Gasteiger partial charge on any atom is 0.259 e. The summed E-state index contributed by atoms with van der Waals surface area (Å²) in [6, 6.07) is 14.1. The topological polar surface area (TPSA) is 62.1 Å². The molecule has 4 nitrogen and oxygen atoms in total. The minimum atomic E-state index is -0.285. The van der Waals surface area contributed by atoms with Crippen molar-refractivity contribution >= 4 is 27.5 Å². The summed E-state index contributed by atoms with van der Waals surface area (Å²) < 4.78 is 6.46. The molecule has 2 aromatic rings. The highest BCUT2D eigenvalue weighted by atomic mass is 79.9. The molecule has 0 aliphatic heterocycles. The Morgan fingerprint density at radius 1 is 1.27 bits per heavy atom. The Balaban J connectivity index is 2.28. The predicted molar refractivity (Wildman–Crippen MR) is 89.0 cm³/mol. The first kappa shape index (κ1) is 16.1. The number of anilines is 1. The Morgan fingerprint density at radius 2 is 2.05 bits per heavy atom. The Morgan fingerprint density at radius 3 is 2.73 bits per heavy atom. The van der Waals surface area contributed by atoms with E-state index in [1.165, 1.54) is 0 Å². The molecular weight excluding hydrogens is 344 g/mol. The Kier molecular flexibility index (Phi) is 5.18. The number of nitriles is 1. The van der Waals surface area contributed by atoms with Gasteiger partial charge in [-0.05, 0) is 50.2 Å². The van der Waals surface area contributed by atoms with Gasteiger partial charge in [0.05, 0.1) is 23.3 Å². The molecule has 112 valence electrons. The number of carbonyl (C=O) groups is 1. The average molecular weight is 359 g/mol. The quantitative estimate of drug-likeness (QED) is 0.882. The standard InChI is InChI=1S/C17H15BrN2O2/c1-11(2)22-16-7-6-13(18)9-15(16)17(21)20-14-5-3-4-12(8-14)10-19/h3-9,11H,1-2H3,(H,20,21). The third kappa shape index (κ3) is 4.09. The Bertz CT molecular complexity index is 736. The van der Waals surface area contributed by atoms with E-state index in [0.717, 1.165) is 4.47 Å². The Labute approximate surface area is 137 Å². The van der Waals surface area contributed by atoms with Gasteiger partial charge in [-0.3, -0.25) is 4.79 Å². The predicted octanol–water partition coefficient (Wildman–Crippen LogP) is 4.36. The summed E-state index contributed by atoms with van der Waals surface area (Å²) in [5.74, 6) is 0.235. The molecule has 5 heteroatoms. The van der Waals surface area contributed by atoms with Gasteiger partial charge in [-0.1, -0.05) is 22.0 Å². The van der Waals surface area contributed by atoms with E-state index in [-0.39, 0.29) is 12.0 Å². The van der Waals surface area contributed by atoms with Gasteiger partial charge in [-0.15, -0.1) is 0 Å². The first-order valence-corrected chi connectivity index (χ1v) is 7.56. The lowest BCUT2D eigenvalue weighted by Gasteiger charge is -2.14. The van der Waals surface area contributed by atoms with Crippen LogP contribution >= 0.6 is 15.9 Å². The summed E-state index contributed by atoms with van der Waals surface area (Å²) in [5.41, 5.74) is 1.50. The number of carbonyl (C=O) groups excluding carboxylic acids is 1. The second-order valence-electron chi connectivity index (χ2n) is 4.95. The molecule has 0 aliphatic rings. The van der Waals surface area contributed by atoms with Crippen LogP contribution in [0.1, 0.15) is 29.8 Å². The van der Waals surface area contributed by atoms with E-state index in [1.54, 1.807) is 36.4 Å². The second-order valence-corrected chi connectivity index (χ2v) is 5.87. The molecule has 0 unspecified atom stereocenters. The van der Waals surface area contributed by atoms with Gasteiger partial charge < -0.3 is 10.1 Å². The van der Waals surface area contributed by atoms with Crippen molar-refractivity contribution in [3.05, 3.63) is 58.1 Å². The van der Waals surface area contributed by atoms with Gasteiger partial charge in [0.1, 0.15) is 5.75 Å². The fourth-order valence-electron chi connectivity index (χ4n) is 1.90. The zero-order valence-electron chi connectivity index (χ0n) is 12.3. The lowest BCUT2D eigenvalue weighted by Crippen LogP contribution is -2.15. The number of ether oxygens (including phenoxy) is 1. The fourth-order valence-corrected chi connectivity index (χ4v) is 2.26. The van der Waals surface area contributed by atoms with Crippen LogP contribution in [0.15, 0.2) is 46.9 Å². The molecule has 1 N–H and O–H groups in total. The summed E-state index contributed by atoms with van der Waals surface area (Å²) in [6.07, 6.45) is -0.0327. The lowest BCUT2D eigenvalue weighted by molar-refractivity contribution is 0.102. The number of hydrogen-bond acceptors (Lipinski definition) is 3. The van der Waals surface area contributed by atoms with Crippen LogP contribution in [0.4, 0.5) is 5.69 Å². The Hall–Kier alpha value is -2.32. The van der Waals surface area contributed by atoms with Crippen molar-refractivity contribution in [3.63, 3.8) is 0 Å². The van der Waals surface area contributed by atoms with Crippen LogP contribution in [-0.4, -0.2) is 12.0 Å². The molecule has 0 saturated carbocycles. The summed E-state index contributed by atoms with van der Waals surface area (Å²) in [4.78, 5) is 12.5. The second kappa shape index (κ2) is 7.10. The largest absolute Gasteiger partial charge is 0.490 e. The molecule has 0 aliphatic carbocycles. The molecule has 0 aromatic heterocycles. The molecule has 22 heavy (non-hydrogen) atoms. The van der Waals surface area contributed by atoms with E-state index < -0.39 is 0 Å². The minimum absolute atomic E-state index is 0.0327. The van der Waals surface area contributed by atoms with E-state index >= 15 is 0 Å². The van der Waals surface area contributed by atoms with E-state index in [2.05, 4.69) is 21.2 Å².